The smallest absolute Gasteiger partial charge is 0.194 e. The monoisotopic (exact) mass is 434 g/mol. The molecule has 174 valence electrons. The Kier molecular flexibility index (Phi) is 9.40. The number of aliphatic imine (C=N–C) groups is 1. The van der Waals surface area contributed by atoms with Crippen LogP contribution in [-0.2, 0) is 16.0 Å². The lowest BCUT2D eigenvalue weighted by Gasteiger charge is -2.34. The molecule has 2 fully saturated rings. The van der Waals surface area contributed by atoms with Crippen molar-refractivity contribution in [3.63, 3.8) is 0 Å². The van der Waals surface area contributed by atoms with Gasteiger partial charge in [0.2, 0.25) is 0 Å². The molecule has 0 amide bonds. The number of piperidine rings is 1. The van der Waals surface area contributed by atoms with E-state index in [1.807, 2.05) is 30.9 Å². The molecule has 0 aliphatic carbocycles. The number of guanidine groups is 1. The first-order valence-electron chi connectivity index (χ1n) is 11.9. The molecule has 1 N–H and O–H groups in total. The fourth-order valence-corrected chi connectivity index (χ4v) is 4.31. The quantitative estimate of drug-likeness (QED) is 0.473. The normalized spacial score (nSPS) is 20.3. The minimum Gasteiger partial charge on any atom is -0.376 e. The minimum absolute atomic E-state index is 0.175. The maximum Gasteiger partial charge on any atom is 0.194 e. The van der Waals surface area contributed by atoms with E-state index in [2.05, 4.69) is 17.1 Å². The molecular formula is C24H39FN4O2. The molecule has 3 rings (SSSR count). The Balaban J connectivity index is 1.53. The number of nitrogens with one attached hydrogen (secondary N) is 1. The zero-order valence-electron chi connectivity index (χ0n) is 19.4. The van der Waals surface area contributed by atoms with E-state index in [1.165, 1.54) is 0 Å². The van der Waals surface area contributed by atoms with Crippen molar-refractivity contribution in [3.05, 3.63) is 29.6 Å². The van der Waals surface area contributed by atoms with Crippen LogP contribution in [0.15, 0.2) is 23.2 Å². The molecule has 0 bridgehead atoms. The fraction of sp³-hybridized carbons (Fsp3) is 0.708. The number of nitrogens with zero attached hydrogens (tertiary/aromatic N) is 3. The van der Waals surface area contributed by atoms with Crippen LogP contribution in [0.4, 0.5) is 10.1 Å². The van der Waals surface area contributed by atoms with Crippen molar-refractivity contribution >= 4 is 11.6 Å². The summed E-state index contributed by atoms with van der Waals surface area (Å²) in [4.78, 5) is 9.10. The van der Waals surface area contributed by atoms with Crippen LogP contribution in [0.2, 0.25) is 0 Å². The molecule has 1 aromatic rings. The van der Waals surface area contributed by atoms with Crippen LogP contribution in [0.3, 0.4) is 0 Å². The van der Waals surface area contributed by atoms with Crippen molar-refractivity contribution in [2.24, 2.45) is 4.99 Å². The third-order valence-electron chi connectivity index (χ3n) is 6.15. The molecule has 1 aromatic carbocycles. The van der Waals surface area contributed by atoms with Crippen LogP contribution in [0.25, 0.3) is 0 Å². The number of benzene rings is 1. The van der Waals surface area contributed by atoms with Crippen molar-refractivity contribution in [1.29, 1.82) is 0 Å². The highest BCUT2D eigenvalue weighted by Crippen LogP contribution is 2.21. The molecule has 0 radical (unpaired) electrons. The van der Waals surface area contributed by atoms with Gasteiger partial charge in [-0.25, -0.2) is 9.38 Å². The summed E-state index contributed by atoms with van der Waals surface area (Å²) in [6.07, 6.45) is 4.83. The summed E-state index contributed by atoms with van der Waals surface area (Å²) < 4.78 is 26.3. The minimum atomic E-state index is -0.175. The summed E-state index contributed by atoms with van der Waals surface area (Å²) in [5.41, 5.74) is 1.55. The predicted molar refractivity (Wildman–Crippen MR) is 124 cm³/mol. The van der Waals surface area contributed by atoms with Crippen LogP contribution >= 0.6 is 0 Å². The molecule has 31 heavy (non-hydrogen) atoms. The number of anilines is 1. The van der Waals surface area contributed by atoms with Gasteiger partial charge in [0.15, 0.2) is 5.96 Å². The van der Waals surface area contributed by atoms with Crippen molar-refractivity contribution in [3.8, 4) is 0 Å². The first-order chi connectivity index (χ1) is 15.1. The second-order valence-corrected chi connectivity index (χ2v) is 8.28. The van der Waals surface area contributed by atoms with E-state index in [9.17, 15) is 4.39 Å². The third-order valence-corrected chi connectivity index (χ3v) is 6.15. The number of halogens is 1. The highest BCUT2D eigenvalue weighted by atomic mass is 19.1. The first-order valence-corrected chi connectivity index (χ1v) is 11.9. The topological polar surface area (TPSA) is 49.3 Å². The molecule has 0 aromatic heterocycles. The molecule has 2 heterocycles. The molecule has 1 atom stereocenters. The Morgan fingerprint density at radius 2 is 2.00 bits per heavy atom. The first kappa shape index (κ1) is 23.8. The summed E-state index contributed by atoms with van der Waals surface area (Å²) in [6, 6.07) is 5.47. The van der Waals surface area contributed by atoms with Gasteiger partial charge in [0.05, 0.1) is 31.0 Å². The lowest BCUT2D eigenvalue weighted by molar-refractivity contribution is -0.0367. The molecule has 6 nitrogen and oxygen atoms in total. The standard InChI is InChI=1S/C24H39FN4O2/c1-4-26-24(27-17-19-9-10-23(22(25)16-19)28(5-2)6-3)29-13-11-20(12-14-29)31-18-21-8-7-15-30-21/h9-10,16,20-21H,4-8,11-15,17-18H2,1-3H3,(H,26,27). The largest absolute Gasteiger partial charge is 0.376 e. The van der Waals surface area contributed by atoms with E-state index in [0.29, 0.717) is 24.9 Å². The number of likely N-dealkylation sites (tertiary alicyclic amines) is 1. The highest BCUT2D eigenvalue weighted by Gasteiger charge is 2.24. The number of hydrogen-bond acceptors (Lipinski definition) is 4. The van der Waals surface area contributed by atoms with E-state index in [-0.39, 0.29) is 11.9 Å². The van der Waals surface area contributed by atoms with Crippen molar-refractivity contribution < 1.29 is 13.9 Å². The van der Waals surface area contributed by atoms with Gasteiger partial charge in [-0.15, -0.1) is 0 Å². The van der Waals surface area contributed by atoms with E-state index in [0.717, 1.165) is 76.5 Å². The molecule has 2 aliphatic heterocycles. The highest BCUT2D eigenvalue weighted by molar-refractivity contribution is 5.80. The fourth-order valence-electron chi connectivity index (χ4n) is 4.31. The maximum absolute atomic E-state index is 14.6. The molecule has 7 heteroatoms. The molecule has 0 saturated carbocycles. The average Bonchev–Trinajstić information content (AvgIpc) is 3.31. The van der Waals surface area contributed by atoms with Gasteiger partial charge in [-0.05, 0) is 64.2 Å². The number of rotatable bonds is 9. The lowest BCUT2D eigenvalue weighted by atomic mass is 10.1. The van der Waals surface area contributed by atoms with Crippen molar-refractivity contribution in [2.45, 2.75) is 65.2 Å². The van der Waals surface area contributed by atoms with Gasteiger partial charge >= 0.3 is 0 Å². The molecule has 0 spiro atoms. The summed E-state index contributed by atoms with van der Waals surface area (Å²) >= 11 is 0. The molecule has 1 unspecified atom stereocenters. The van der Waals surface area contributed by atoms with Gasteiger partial charge in [0.25, 0.3) is 0 Å². The Morgan fingerprint density at radius 1 is 1.23 bits per heavy atom. The Hall–Kier alpha value is -1.86. The zero-order chi connectivity index (χ0) is 22.1. The molecular weight excluding hydrogens is 395 g/mol. The van der Waals surface area contributed by atoms with E-state index >= 15 is 0 Å². The van der Waals surface area contributed by atoms with Gasteiger partial charge in [-0.3, -0.25) is 0 Å². The Morgan fingerprint density at radius 3 is 2.61 bits per heavy atom. The Bertz CT molecular complexity index is 697. The summed E-state index contributed by atoms with van der Waals surface area (Å²) in [5.74, 6) is 0.721. The average molecular weight is 435 g/mol. The van der Waals surface area contributed by atoms with Gasteiger partial charge < -0.3 is 24.6 Å². The summed E-state index contributed by atoms with van der Waals surface area (Å²) in [7, 11) is 0. The molecule has 2 saturated heterocycles. The SMILES string of the molecule is CCNC(=NCc1ccc(N(CC)CC)c(F)c1)N1CCC(OCC2CCCO2)CC1. The van der Waals surface area contributed by atoms with Gasteiger partial charge in [0.1, 0.15) is 5.82 Å². The summed E-state index contributed by atoms with van der Waals surface area (Å²) in [6.45, 7) is 12.4. The van der Waals surface area contributed by atoms with Crippen LogP contribution in [0, 0.1) is 5.82 Å². The van der Waals surface area contributed by atoms with Crippen LogP contribution in [0.5, 0.6) is 0 Å². The van der Waals surface area contributed by atoms with Crippen molar-refractivity contribution in [2.75, 3.05) is 50.8 Å². The second kappa shape index (κ2) is 12.2. The van der Waals surface area contributed by atoms with Gasteiger partial charge in [-0.2, -0.15) is 0 Å². The third kappa shape index (κ3) is 6.81. The van der Waals surface area contributed by atoms with Gasteiger partial charge in [-0.1, -0.05) is 6.07 Å². The maximum atomic E-state index is 14.6. The van der Waals surface area contributed by atoms with Crippen LogP contribution in [-0.4, -0.2) is 69.0 Å². The van der Waals surface area contributed by atoms with Crippen LogP contribution in [0.1, 0.15) is 52.0 Å². The van der Waals surface area contributed by atoms with E-state index in [4.69, 9.17) is 14.5 Å². The second-order valence-electron chi connectivity index (χ2n) is 8.28. The van der Waals surface area contributed by atoms with E-state index in [1.54, 1.807) is 6.07 Å². The van der Waals surface area contributed by atoms with Gasteiger partial charge in [0, 0.05) is 39.3 Å². The summed E-state index contributed by atoms with van der Waals surface area (Å²) in [5, 5.41) is 3.39. The lowest BCUT2D eigenvalue weighted by Crippen LogP contribution is -2.47. The Labute approximate surface area is 186 Å². The molecule has 2 aliphatic rings. The predicted octanol–water partition coefficient (Wildman–Crippen LogP) is 3.80. The number of ether oxygens (including phenoxy) is 2. The zero-order valence-corrected chi connectivity index (χ0v) is 19.4. The van der Waals surface area contributed by atoms with E-state index < -0.39 is 0 Å². The number of hydrogen-bond donors (Lipinski definition) is 1. The van der Waals surface area contributed by atoms with Crippen LogP contribution < -0.4 is 10.2 Å². The van der Waals surface area contributed by atoms with Crippen molar-refractivity contribution in [1.82, 2.24) is 10.2 Å².